The number of carboxylic acids is 1. The third-order valence-corrected chi connectivity index (χ3v) is 2.98. The summed E-state index contributed by atoms with van der Waals surface area (Å²) in [6.45, 7) is 1.99. The van der Waals surface area contributed by atoms with Crippen molar-refractivity contribution in [2.24, 2.45) is 0 Å². The van der Waals surface area contributed by atoms with Gasteiger partial charge in [-0.05, 0) is 29.0 Å². The van der Waals surface area contributed by atoms with E-state index in [2.05, 4.69) is 20.8 Å². The minimum atomic E-state index is -1.04. The number of nitrogens with one attached hydrogen (secondary N) is 1. The van der Waals surface area contributed by atoms with Crippen LogP contribution in [0.3, 0.4) is 0 Å². The molecule has 2 heterocycles. The van der Waals surface area contributed by atoms with Crippen LogP contribution in [0.15, 0.2) is 36.0 Å². The highest BCUT2D eigenvalue weighted by molar-refractivity contribution is 5.90. The minimum absolute atomic E-state index is 0.0767. The maximum absolute atomic E-state index is 11.1. The van der Waals surface area contributed by atoms with Crippen molar-refractivity contribution in [3.05, 3.63) is 47.2 Å². The lowest BCUT2D eigenvalue weighted by Crippen LogP contribution is -2.24. The minimum Gasteiger partial charge on any atom is -0.477 e. The second-order valence-corrected chi connectivity index (χ2v) is 4.31. The number of carbonyl (C=O) groups is 1. The van der Waals surface area contributed by atoms with Crippen molar-refractivity contribution < 1.29 is 9.90 Å². The third kappa shape index (κ3) is 1.95. The number of allylic oxidation sites excluding steroid dienone is 1. The number of nitrogens with zero attached hydrogens (tertiary/aromatic N) is 4. The Balaban J connectivity index is 2.09. The second kappa shape index (κ2) is 4.20. The number of aromatic nitrogens is 4. The summed E-state index contributed by atoms with van der Waals surface area (Å²) in [5.74, 6) is -0.711. The first-order valence-corrected chi connectivity index (χ1v) is 5.72. The van der Waals surface area contributed by atoms with E-state index in [1.807, 2.05) is 31.2 Å². The number of benzene rings is 1. The smallest absolute Gasteiger partial charge is 0.352 e. The van der Waals surface area contributed by atoms with Crippen molar-refractivity contribution in [2.45, 2.75) is 13.0 Å². The lowest BCUT2D eigenvalue weighted by atomic mass is 10.0. The van der Waals surface area contributed by atoms with Gasteiger partial charge in [0.05, 0.1) is 0 Å². The molecule has 2 aromatic rings. The van der Waals surface area contributed by atoms with Gasteiger partial charge in [-0.15, -0.1) is 0 Å². The number of rotatable bonds is 2. The Kier molecular flexibility index (Phi) is 2.52. The molecule has 0 aliphatic carbocycles. The number of aliphatic carboxylic acids is 1. The largest absolute Gasteiger partial charge is 0.477 e. The fourth-order valence-electron chi connectivity index (χ4n) is 1.98. The van der Waals surface area contributed by atoms with Gasteiger partial charge in [-0.3, -0.25) is 0 Å². The summed E-state index contributed by atoms with van der Waals surface area (Å²) in [6.07, 6.45) is 1.59. The van der Waals surface area contributed by atoms with Crippen molar-refractivity contribution >= 4 is 11.9 Å². The molecule has 0 saturated carbocycles. The summed E-state index contributed by atoms with van der Waals surface area (Å²) in [7, 11) is 0. The maximum atomic E-state index is 11.1. The first kappa shape index (κ1) is 11.4. The van der Waals surface area contributed by atoms with Crippen LogP contribution in [0.2, 0.25) is 0 Å². The number of carboxylic acid groups (broad SMARTS) is 1. The van der Waals surface area contributed by atoms with E-state index in [9.17, 15) is 4.79 Å². The maximum Gasteiger partial charge on any atom is 0.352 e. The summed E-state index contributed by atoms with van der Waals surface area (Å²) >= 11 is 0. The lowest BCUT2D eigenvalue weighted by molar-refractivity contribution is -0.132. The topological polar surface area (TPSA) is 92.9 Å². The van der Waals surface area contributed by atoms with E-state index < -0.39 is 5.97 Å². The molecule has 1 atom stereocenters. The number of aryl methyl sites for hydroxylation is 1. The summed E-state index contributed by atoms with van der Waals surface area (Å²) < 4.78 is 1.55. The van der Waals surface area contributed by atoms with Crippen molar-refractivity contribution in [1.82, 2.24) is 20.2 Å². The zero-order valence-corrected chi connectivity index (χ0v) is 10.1. The van der Waals surface area contributed by atoms with Gasteiger partial charge in [0, 0.05) is 0 Å². The lowest BCUT2D eigenvalue weighted by Gasteiger charge is -2.21. The Morgan fingerprint density at radius 1 is 1.37 bits per heavy atom. The fraction of sp³-hybridized carbons (Fsp3) is 0.167. The quantitative estimate of drug-likeness (QED) is 0.832. The predicted octanol–water partition coefficient (Wildman–Crippen LogP) is 0.965. The molecule has 19 heavy (non-hydrogen) atoms. The van der Waals surface area contributed by atoms with Gasteiger partial charge in [-0.2, -0.15) is 4.68 Å². The predicted molar refractivity (Wildman–Crippen MR) is 66.5 cm³/mol. The summed E-state index contributed by atoms with van der Waals surface area (Å²) in [5.41, 5.74) is 2.14. The highest BCUT2D eigenvalue weighted by Gasteiger charge is 2.26. The van der Waals surface area contributed by atoms with Crippen molar-refractivity contribution in [3.63, 3.8) is 0 Å². The van der Waals surface area contributed by atoms with Crippen LogP contribution in [-0.2, 0) is 4.79 Å². The molecule has 0 spiro atoms. The van der Waals surface area contributed by atoms with Gasteiger partial charge in [0.25, 0.3) is 0 Å². The van der Waals surface area contributed by atoms with Gasteiger partial charge in [-0.25, -0.2) is 4.79 Å². The molecule has 1 aromatic heterocycles. The molecule has 96 valence electrons. The van der Waals surface area contributed by atoms with Crippen LogP contribution in [0.1, 0.15) is 17.2 Å². The van der Waals surface area contributed by atoms with Crippen molar-refractivity contribution in [3.8, 4) is 0 Å². The molecule has 1 aromatic carbocycles. The van der Waals surface area contributed by atoms with Crippen LogP contribution in [0.4, 0.5) is 5.95 Å². The Labute approximate surface area is 108 Å². The van der Waals surface area contributed by atoms with Crippen LogP contribution in [0.5, 0.6) is 0 Å². The molecular weight excluding hydrogens is 246 g/mol. The van der Waals surface area contributed by atoms with E-state index in [1.165, 1.54) is 0 Å². The Hall–Kier alpha value is -2.70. The van der Waals surface area contributed by atoms with Crippen LogP contribution in [0, 0.1) is 6.92 Å². The molecule has 0 radical (unpaired) electrons. The third-order valence-electron chi connectivity index (χ3n) is 2.98. The average molecular weight is 257 g/mol. The van der Waals surface area contributed by atoms with E-state index in [-0.39, 0.29) is 11.7 Å². The number of fused-ring (bicyclic) bond motifs is 1. The molecule has 0 saturated heterocycles. The van der Waals surface area contributed by atoms with Crippen LogP contribution in [0.25, 0.3) is 0 Å². The fourth-order valence-corrected chi connectivity index (χ4v) is 1.98. The van der Waals surface area contributed by atoms with E-state index >= 15 is 0 Å². The van der Waals surface area contributed by atoms with E-state index in [0.717, 1.165) is 11.1 Å². The second-order valence-electron chi connectivity index (χ2n) is 4.31. The first-order valence-electron chi connectivity index (χ1n) is 5.72. The molecule has 1 aliphatic rings. The molecule has 0 fully saturated rings. The normalized spacial score (nSPS) is 17.3. The first-order chi connectivity index (χ1) is 9.15. The monoisotopic (exact) mass is 257 g/mol. The van der Waals surface area contributed by atoms with Gasteiger partial charge in [0.15, 0.2) is 0 Å². The zero-order valence-electron chi connectivity index (χ0n) is 10.1. The SMILES string of the molecule is Cc1ccc(C2C=C(C(=O)O)Nc3nnnn32)cc1. The molecule has 0 amide bonds. The molecule has 7 nitrogen and oxygen atoms in total. The molecule has 0 bridgehead atoms. The molecule has 3 rings (SSSR count). The molecule has 1 aliphatic heterocycles. The van der Waals surface area contributed by atoms with Gasteiger partial charge < -0.3 is 10.4 Å². The molecule has 2 N–H and O–H groups in total. The van der Waals surface area contributed by atoms with Crippen LogP contribution < -0.4 is 5.32 Å². The van der Waals surface area contributed by atoms with E-state index in [1.54, 1.807) is 10.8 Å². The molecule has 7 heteroatoms. The van der Waals surface area contributed by atoms with Crippen LogP contribution in [-0.4, -0.2) is 31.3 Å². The standard InChI is InChI=1S/C12H11N5O2/c1-7-2-4-8(5-3-7)10-6-9(11(18)19)13-12-14-15-16-17(10)12/h2-6,10H,1H3,(H,18,19)(H,13,14,16). The average Bonchev–Trinajstić information content (AvgIpc) is 2.86. The Bertz CT molecular complexity index is 659. The highest BCUT2D eigenvalue weighted by atomic mass is 16.4. The van der Waals surface area contributed by atoms with Gasteiger partial charge in [0.1, 0.15) is 11.7 Å². The summed E-state index contributed by atoms with van der Waals surface area (Å²) in [4.78, 5) is 11.1. The number of hydrogen-bond donors (Lipinski definition) is 2. The Morgan fingerprint density at radius 3 is 2.79 bits per heavy atom. The summed E-state index contributed by atoms with van der Waals surface area (Å²) in [5, 5.41) is 23.0. The number of hydrogen-bond acceptors (Lipinski definition) is 5. The van der Waals surface area contributed by atoms with E-state index in [0.29, 0.717) is 5.95 Å². The van der Waals surface area contributed by atoms with E-state index in [4.69, 9.17) is 5.11 Å². The number of anilines is 1. The highest BCUT2D eigenvalue weighted by Crippen LogP contribution is 2.27. The molecular formula is C12H11N5O2. The summed E-state index contributed by atoms with van der Waals surface area (Å²) in [6, 6.07) is 7.49. The van der Waals surface area contributed by atoms with Crippen LogP contribution >= 0.6 is 0 Å². The molecule has 1 unspecified atom stereocenters. The zero-order chi connectivity index (χ0) is 13.4. The van der Waals surface area contributed by atoms with Gasteiger partial charge in [0.2, 0.25) is 5.95 Å². The van der Waals surface area contributed by atoms with Gasteiger partial charge in [-0.1, -0.05) is 34.9 Å². The van der Waals surface area contributed by atoms with Crippen molar-refractivity contribution in [1.29, 1.82) is 0 Å². The number of tetrazole rings is 1. The van der Waals surface area contributed by atoms with Gasteiger partial charge >= 0.3 is 5.97 Å². The Morgan fingerprint density at radius 2 is 2.11 bits per heavy atom. The van der Waals surface area contributed by atoms with Crippen molar-refractivity contribution in [2.75, 3.05) is 5.32 Å².